The summed E-state index contributed by atoms with van der Waals surface area (Å²) in [7, 11) is 0. The number of fused-ring (bicyclic) bond motifs is 2. The molecule has 0 spiro atoms. The molecule has 4 unspecified atom stereocenters. The van der Waals surface area contributed by atoms with Crippen molar-refractivity contribution in [2.24, 2.45) is 23.7 Å². The second-order valence-electron chi connectivity index (χ2n) is 6.15. The van der Waals surface area contributed by atoms with Crippen LogP contribution in [0.3, 0.4) is 0 Å². The molecule has 2 bridgehead atoms. The summed E-state index contributed by atoms with van der Waals surface area (Å²) in [5.41, 5.74) is 0. The Morgan fingerprint density at radius 3 is 2.29 bits per heavy atom. The van der Waals surface area contributed by atoms with Gasteiger partial charge in [-0.1, -0.05) is 26.0 Å². The monoisotopic (exact) mass is 311 g/mol. The summed E-state index contributed by atoms with van der Waals surface area (Å²) in [6.07, 6.45) is 8.85. The summed E-state index contributed by atoms with van der Waals surface area (Å²) in [5, 5.41) is 12.4. The van der Waals surface area contributed by atoms with Gasteiger partial charge < -0.3 is 10.4 Å². The molecule has 4 nitrogen and oxygen atoms in total. The van der Waals surface area contributed by atoms with Crippen LogP contribution in [0.25, 0.3) is 0 Å². The number of carboxylic acids is 1. The molecular weight excluding hydrogens is 286 g/mol. The van der Waals surface area contributed by atoms with Gasteiger partial charge >= 0.3 is 5.97 Å². The first-order valence-electron chi connectivity index (χ1n) is 7.72. The Morgan fingerprint density at radius 2 is 1.81 bits per heavy atom. The summed E-state index contributed by atoms with van der Waals surface area (Å²) in [5.74, 6) is -1.74. The van der Waals surface area contributed by atoms with Crippen LogP contribution in [0.4, 0.5) is 0 Å². The van der Waals surface area contributed by atoms with Gasteiger partial charge in [-0.15, -0.1) is 0 Å². The Morgan fingerprint density at radius 1 is 1.24 bits per heavy atom. The smallest absolute Gasteiger partial charge is 0.307 e. The van der Waals surface area contributed by atoms with Crippen molar-refractivity contribution in [1.29, 1.82) is 0 Å². The fourth-order valence-electron chi connectivity index (χ4n) is 3.74. The standard InChI is InChI=1S/C16H25NO3S/c1-4-16(5-2,21-3)9-17-14(18)12-10-6-7-11(8-10)13(12)15(19)20/h6-7,10-13H,4-5,8-9H2,1-3H3,(H,17,18)(H,19,20). The van der Waals surface area contributed by atoms with Gasteiger partial charge in [-0.2, -0.15) is 11.8 Å². The van der Waals surface area contributed by atoms with Crippen molar-refractivity contribution in [3.05, 3.63) is 12.2 Å². The van der Waals surface area contributed by atoms with Gasteiger partial charge in [0.1, 0.15) is 0 Å². The van der Waals surface area contributed by atoms with Crippen molar-refractivity contribution < 1.29 is 14.7 Å². The van der Waals surface area contributed by atoms with Crippen LogP contribution in [0.15, 0.2) is 12.2 Å². The Hall–Kier alpha value is -0.970. The fourth-order valence-corrected chi connectivity index (χ4v) is 4.54. The summed E-state index contributed by atoms with van der Waals surface area (Å²) >= 11 is 1.78. The average Bonchev–Trinajstić information content (AvgIpc) is 3.09. The lowest BCUT2D eigenvalue weighted by molar-refractivity contribution is -0.147. The van der Waals surface area contributed by atoms with Gasteiger partial charge in [-0.3, -0.25) is 9.59 Å². The first-order chi connectivity index (χ1) is 9.98. The number of aliphatic carboxylic acids is 1. The van der Waals surface area contributed by atoms with Crippen molar-refractivity contribution in [2.45, 2.75) is 37.9 Å². The van der Waals surface area contributed by atoms with E-state index in [4.69, 9.17) is 0 Å². The van der Waals surface area contributed by atoms with Gasteiger partial charge in [0, 0.05) is 11.3 Å². The van der Waals surface area contributed by atoms with Crippen LogP contribution in [0.5, 0.6) is 0 Å². The van der Waals surface area contributed by atoms with Crippen LogP contribution in [-0.4, -0.2) is 34.5 Å². The maximum Gasteiger partial charge on any atom is 0.307 e. The molecule has 118 valence electrons. The highest BCUT2D eigenvalue weighted by molar-refractivity contribution is 8.00. The Labute approximate surface area is 130 Å². The average molecular weight is 311 g/mol. The minimum absolute atomic E-state index is 0.0332. The molecule has 0 radical (unpaired) electrons. The van der Waals surface area contributed by atoms with E-state index < -0.39 is 17.8 Å². The number of rotatable bonds is 7. The lowest BCUT2D eigenvalue weighted by Gasteiger charge is -2.31. The van der Waals surface area contributed by atoms with Crippen LogP contribution < -0.4 is 5.32 Å². The first kappa shape index (κ1) is 16.4. The molecule has 0 saturated heterocycles. The molecule has 4 atom stereocenters. The zero-order chi connectivity index (χ0) is 15.6. The number of hydrogen-bond acceptors (Lipinski definition) is 3. The topological polar surface area (TPSA) is 66.4 Å². The minimum Gasteiger partial charge on any atom is -0.481 e. The van der Waals surface area contributed by atoms with Gasteiger partial charge in [0.2, 0.25) is 5.91 Å². The molecule has 21 heavy (non-hydrogen) atoms. The number of thioether (sulfide) groups is 1. The van der Waals surface area contributed by atoms with Gasteiger partial charge in [-0.05, 0) is 37.4 Å². The molecular formula is C16H25NO3S. The van der Waals surface area contributed by atoms with Crippen LogP contribution in [0.1, 0.15) is 33.1 Å². The molecule has 0 aromatic rings. The highest BCUT2D eigenvalue weighted by Crippen LogP contribution is 2.48. The first-order valence-corrected chi connectivity index (χ1v) is 8.94. The molecule has 0 aliphatic heterocycles. The molecule has 1 saturated carbocycles. The SMILES string of the molecule is CCC(CC)(CNC(=O)C1C2C=CC(C2)C1C(=O)O)SC. The number of carboxylic acid groups (broad SMARTS) is 1. The third-order valence-electron chi connectivity index (χ3n) is 5.35. The molecule has 2 N–H and O–H groups in total. The summed E-state index contributed by atoms with van der Waals surface area (Å²) in [6, 6.07) is 0. The Balaban J connectivity index is 2.03. The highest BCUT2D eigenvalue weighted by atomic mass is 32.2. The molecule has 1 amide bonds. The van der Waals surface area contributed by atoms with Crippen molar-refractivity contribution in [2.75, 3.05) is 12.8 Å². The Bertz CT molecular complexity index is 437. The highest BCUT2D eigenvalue weighted by Gasteiger charge is 2.51. The maximum atomic E-state index is 12.5. The van der Waals surface area contributed by atoms with Crippen molar-refractivity contribution >= 4 is 23.6 Å². The lowest BCUT2D eigenvalue weighted by atomic mass is 9.82. The van der Waals surface area contributed by atoms with Gasteiger partial charge in [-0.25, -0.2) is 0 Å². The van der Waals surface area contributed by atoms with E-state index in [1.807, 2.05) is 12.2 Å². The number of nitrogens with one attached hydrogen (secondary N) is 1. The number of allylic oxidation sites excluding steroid dienone is 2. The number of carbonyl (C=O) groups is 2. The second-order valence-corrected chi connectivity index (χ2v) is 7.42. The quantitative estimate of drug-likeness (QED) is 0.709. The van der Waals surface area contributed by atoms with Crippen LogP contribution in [-0.2, 0) is 9.59 Å². The van der Waals surface area contributed by atoms with Gasteiger partial charge in [0.15, 0.2) is 0 Å². The number of hydrogen-bond donors (Lipinski definition) is 2. The van der Waals surface area contributed by atoms with E-state index in [0.717, 1.165) is 19.3 Å². The van der Waals surface area contributed by atoms with E-state index in [-0.39, 0.29) is 22.5 Å². The van der Waals surface area contributed by atoms with Crippen molar-refractivity contribution in [1.82, 2.24) is 5.32 Å². The molecule has 2 aliphatic carbocycles. The zero-order valence-corrected chi connectivity index (χ0v) is 13.8. The third-order valence-corrected chi connectivity index (χ3v) is 6.94. The number of amides is 1. The number of carbonyl (C=O) groups excluding carboxylic acids is 1. The molecule has 1 fully saturated rings. The van der Waals surface area contributed by atoms with Gasteiger partial charge in [0.05, 0.1) is 11.8 Å². The lowest BCUT2D eigenvalue weighted by Crippen LogP contribution is -2.45. The summed E-state index contributed by atoms with van der Waals surface area (Å²) in [4.78, 5) is 24.0. The largest absolute Gasteiger partial charge is 0.481 e. The van der Waals surface area contributed by atoms with Crippen LogP contribution in [0, 0.1) is 23.7 Å². The molecule has 5 heteroatoms. The minimum atomic E-state index is -0.839. The normalized spacial score (nSPS) is 30.6. The van der Waals surface area contributed by atoms with Crippen molar-refractivity contribution in [3.63, 3.8) is 0 Å². The third kappa shape index (κ3) is 2.98. The second kappa shape index (κ2) is 6.42. The Kier molecular flexibility index (Phi) is 5.02. The van der Waals surface area contributed by atoms with E-state index >= 15 is 0 Å². The van der Waals surface area contributed by atoms with Gasteiger partial charge in [0.25, 0.3) is 0 Å². The zero-order valence-electron chi connectivity index (χ0n) is 13.0. The predicted octanol–water partition coefficient (Wildman–Crippen LogP) is 2.55. The maximum absolute atomic E-state index is 12.5. The van der Waals surface area contributed by atoms with E-state index in [1.54, 1.807) is 11.8 Å². The van der Waals surface area contributed by atoms with Crippen LogP contribution >= 0.6 is 11.8 Å². The van der Waals surface area contributed by atoms with E-state index in [9.17, 15) is 14.7 Å². The van der Waals surface area contributed by atoms with Crippen molar-refractivity contribution in [3.8, 4) is 0 Å². The molecule has 0 heterocycles. The van der Waals surface area contributed by atoms with Crippen LogP contribution in [0.2, 0.25) is 0 Å². The summed E-state index contributed by atoms with van der Waals surface area (Å²) < 4.78 is 0.0574. The van der Waals surface area contributed by atoms with E-state index in [1.165, 1.54) is 0 Å². The predicted molar refractivity (Wildman–Crippen MR) is 85.2 cm³/mol. The van der Waals surface area contributed by atoms with E-state index in [2.05, 4.69) is 25.4 Å². The fraction of sp³-hybridized carbons (Fsp3) is 0.750. The molecule has 0 aromatic carbocycles. The summed E-state index contributed by atoms with van der Waals surface area (Å²) in [6.45, 7) is 4.88. The molecule has 2 rings (SSSR count). The van der Waals surface area contributed by atoms with E-state index in [0.29, 0.717) is 6.54 Å². The molecule has 2 aliphatic rings. The molecule has 0 aromatic heterocycles.